The van der Waals surface area contributed by atoms with E-state index in [1.807, 2.05) is 0 Å². The number of hydrogen-bond acceptors (Lipinski definition) is 0. The minimum Gasteiger partial charge on any atom is -0.0651 e. The highest BCUT2D eigenvalue weighted by atomic mass is 28.3. The smallest absolute Gasteiger partial charge is 0.0651 e. The zero-order valence-electron chi connectivity index (χ0n) is 30.7. The second-order valence-electron chi connectivity index (χ2n) is 15.4. The van der Waals surface area contributed by atoms with Crippen LogP contribution in [0, 0.1) is 0 Å². The fourth-order valence-corrected chi connectivity index (χ4v) is 14.8. The summed E-state index contributed by atoms with van der Waals surface area (Å²) in [6, 6.07) is 33.9. The highest BCUT2D eigenvalue weighted by molar-refractivity contribution is 7.26. The first-order valence-corrected chi connectivity index (χ1v) is 20.4. The highest BCUT2D eigenvalue weighted by Crippen LogP contribution is 2.53. The molecule has 244 valence electrons. The zero-order valence-corrected chi connectivity index (χ0v) is 31.7. The summed E-state index contributed by atoms with van der Waals surface area (Å²) in [5.41, 5.74) is 15.7. The summed E-state index contributed by atoms with van der Waals surface area (Å²) in [5, 5.41) is 6.45. The van der Waals surface area contributed by atoms with Crippen molar-refractivity contribution in [3.05, 3.63) is 141 Å². The van der Waals surface area contributed by atoms with Crippen LogP contribution in [0.25, 0.3) is 10.4 Å². The summed E-state index contributed by atoms with van der Waals surface area (Å²) in [5.74, 6) is 1.92. The van der Waals surface area contributed by atoms with Gasteiger partial charge in [-0.15, -0.1) is 0 Å². The zero-order chi connectivity index (χ0) is 33.6. The molecule has 0 amide bonds. The van der Waals surface area contributed by atoms with Gasteiger partial charge in [-0.25, -0.2) is 0 Å². The van der Waals surface area contributed by atoms with E-state index in [1.54, 1.807) is 54.9 Å². The van der Waals surface area contributed by atoms with Gasteiger partial charge in [-0.2, -0.15) is 0 Å². The minimum absolute atomic E-state index is 0.446. The molecule has 0 nitrogen and oxygen atoms in total. The molecule has 0 aliphatic heterocycles. The molecule has 2 aliphatic carbocycles. The van der Waals surface area contributed by atoms with Crippen LogP contribution in [0.4, 0.5) is 0 Å². The molecule has 0 N–H and O–H groups in total. The molecule has 0 fully saturated rings. The molecule has 47 heavy (non-hydrogen) atoms. The van der Waals surface area contributed by atoms with Crippen LogP contribution in [-0.2, 0) is 12.8 Å². The van der Waals surface area contributed by atoms with Crippen molar-refractivity contribution >= 4 is 28.8 Å². The Balaban J connectivity index is 1.85. The molecule has 4 aromatic rings. The lowest BCUT2D eigenvalue weighted by Crippen LogP contribution is -2.61. The van der Waals surface area contributed by atoms with Crippen LogP contribution >= 0.6 is 0 Å². The van der Waals surface area contributed by atoms with Crippen molar-refractivity contribution < 1.29 is 0 Å². The van der Waals surface area contributed by atoms with Crippen molar-refractivity contribution in [2.24, 2.45) is 0 Å². The fraction of sp³-hybridized carbons (Fsp3) is 0.391. The maximum Gasteiger partial charge on any atom is 0.180 e. The van der Waals surface area contributed by atoms with Crippen LogP contribution in [-0.4, -0.2) is 8.07 Å². The van der Waals surface area contributed by atoms with Gasteiger partial charge in [0.15, 0.2) is 8.07 Å². The summed E-state index contributed by atoms with van der Waals surface area (Å²) in [7, 11) is -2.84. The van der Waals surface area contributed by atoms with Gasteiger partial charge in [-0.1, -0.05) is 165 Å². The van der Waals surface area contributed by atoms with Crippen molar-refractivity contribution in [1.82, 2.24) is 0 Å². The predicted octanol–water partition coefficient (Wildman–Crippen LogP) is 11.7. The summed E-state index contributed by atoms with van der Waals surface area (Å²) in [6.07, 6.45) is 4.30. The Morgan fingerprint density at radius 3 is 1.15 bits per heavy atom. The summed E-state index contributed by atoms with van der Waals surface area (Å²) < 4.78 is 0. The van der Waals surface area contributed by atoms with Crippen molar-refractivity contribution in [3.63, 3.8) is 0 Å². The Morgan fingerprint density at radius 2 is 0.851 bits per heavy atom. The van der Waals surface area contributed by atoms with E-state index in [-0.39, 0.29) is 0 Å². The maximum absolute atomic E-state index is 2.84. The third-order valence-electron chi connectivity index (χ3n) is 11.2. The van der Waals surface area contributed by atoms with Gasteiger partial charge in [0.25, 0.3) is 0 Å². The molecule has 2 aliphatic rings. The molecule has 0 saturated carbocycles. The van der Waals surface area contributed by atoms with E-state index in [1.165, 1.54) is 21.5 Å². The maximum atomic E-state index is 2.58. The van der Waals surface area contributed by atoms with E-state index in [2.05, 4.69) is 154 Å². The molecule has 4 aromatic carbocycles. The average Bonchev–Trinajstić information content (AvgIpc) is 3.64. The molecular formula is C46H56Si. The normalized spacial score (nSPS) is 14.8. The Kier molecular flexibility index (Phi) is 9.43. The van der Waals surface area contributed by atoms with Crippen molar-refractivity contribution in [2.45, 2.75) is 119 Å². The molecule has 6 rings (SSSR count). The Hall–Kier alpha value is -3.42. The molecule has 0 unspecified atom stereocenters. The van der Waals surface area contributed by atoms with Gasteiger partial charge in [-0.3, -0.25) is 0 Å². The summed E-state index contributed by atoms with van der Waals surface area (Å²) in [6.45, 7) is 23.9. The molecule has 0 radical (unpaired) electrons. The monoisotopic (exact) mass is 636 g/mol. The lowest BCUT2D eigenvalue weighted by Gasteiger charge is -2.40. The highest BCUT2D eigenvalue weighted by Gasteiger charge is 2.52. The van der Waals surface area contributed by atoms with Crippen molar-refractivity contribution in [2.75, 3.05) is 0 Å². The number of benzene rings is 4. The lowest BCUT2D eigenvalue weighted by atomic mass is 9.89. The molecule has 1 heteroatoms. The van der Waals surface area contributed by atoms with Crippen LogP contribution in [0.5, 0.6) is 0 Å². The summed E-state index contributed by atoms with van der Waals surface area (Å²) in [4.78, 5) is 0. The largest absolute Gasteiger partial charge is 0.180 e. The Morgan fingerprint density at radius 1 is 0.489 bits per heavy atom. The molecule has 0 spiro atoms. The second-order valence-corrected chi connectivity index (χ2v) is 19.1. The van der Waals surface area contributed by atoms with Crippen LogP contribution in [0.1, 0.15) is 150 Å². The van der Waals surface area contributed by atoms with Gasteiger partial charge < -0.3 is 0 Å². The van der Waals surface area contributed by atoms with Crippen LogP contribution in [0.3, 0.4) is 0 Å². The van der Waals surface area contributed by atoms with E-state index in [4.69, 9.17) is 0 Å². The van der Waals surface area contributed by atoms with E-state index in [9.17, 15) is 0 Å². The molecule has 0 aromatic heterocycles. The van der Waals surface area contributed by atoms with Gasteiger partial charge in [0.2, 0.25) is 0 Å². The van der Waals surface area contributed by atoms with Gasteiger partial charge in [0.05, 0.1) is 0 Å². The third-order valence-corrected chi connectivity index (χ3v) is 16.3. The Bertz CT molecular complexity index is 1690. The number of fused-ring (bicyclic) bond motifs is 2. The molecule has 0 atom stereocenters. The standard InChI is InChI=1S/C46H56Si/c1-11-33-23-37-25-35(29(3)4)27-41(31(7)8)43(37)45(33)47(39-19-15-13-16-20-39,40-21-17-14-18-22-40)46-34(12-2)24-38-26-36(30(5)6)28-42(32(9)10)44(38)46/h13-22,25-32H,11-12,23-24H2,1-10H3. The van der Waals surface area contributed by atoms with E-state index in [0.717, 1.165) is 25.7 Å². The number of hydrogen-bond donors (Lipinski definition) is 0. The lowest BCUT2D eigenvalue weighted by molar-refractivity contribution is 0.827. The van der Waals surface area contributed by atoms with Gasteiger partial charge in [0, 0.05) is 0 Å². The number of rotatable bonds is 10. The second kappa shape index (κ2) is 13.2. The fourth-order valence-electron chi connectivity index (χ4n) is 8.71. The quantitative estimate of drug-likeness (QED) is 0.152. The van der Waals surface area contributed by atoms with E-state index in [0.29, 0.717) is 23.7 Å². The van der Waals surface area contributed by atoms with Gasteiger partial charge in [0.1, 0.15) is 0 Å². The van der Waals surface area contributed by atoms with Crippen LogP contribution in [0.15, 0.2) is 96.1 Å². The van der Waals surface area contributed by atoms with Crippen molar-refractivity contribution in [1.29, 1.82) is 0 Å². The van der Waals surface area contributed by atoms with Crippen LogP contribution < -0.4 is 10.4 Å². The number of allylic oxidation sites excluding steroid dienone is 2. The minimum atomic E-state index is -2.84. The first kappa shape index (κ1) is 33.5. The third kappa shape index (κ3) is 5.53. The van der Waals surface area contributed by atoms with Gasteiger partial charge in [-0.05, 0) is 115 Å². The Labute approximate surface area is 287 Å². The SMILES string of the molecule is CCC1=C([Si](C2=C(CC)Cc3cc(C(C)C)cc(C(C)C)c32)(c2ccccc2)c2ccccc2)c2c(cc(C(C)C)cc2C(C)C)C1. The molecular weight excluding hydrogens is 581 g/mol. The average molecular weight is 637 g/mol. The first-order chi connectivity index (χ1) is 22.5. The van der Waals surface area contributed by atoms with Gasteiger partial charge >= 0.3 is 0 Å². The van der Waals surface area contributed by atoms with E-state index < -0.39 is 8.07 Å². The first-order valence-electron chi connectivity index (χ1n) is 18.4. The predicted molar refractivity (Wildman–Crippen MR) is 209 cm³/mol. The molecule has 0 saturated heterocycles. The summed E-state index contributed by atoms with van der Waals surface area (Å²) >= 11 is 0. The molecule has 0 bridgehead atoms. The topological polar surface area (TPSA) is 0 Å². The molecule has 0 heterocycles. The van der Waals surface area contributed by atoms with E-state index >= 15 is 0 Å². The van der Waals surface area contributed by atoms with Crippen molar-refractivity contribution in [3.8, 4) is 0 Å². The van der Waals surface area contributed by atoms with Crippen LogP contribution in [0.2, 0.25) is 0 Å².